The highest BCUT2D eigenvalue weighted by Gasteiger charge is 2.24. The van der Waals surface area contributed by atoms with Crippen LogP contribution in [0, 0.1) is 0 Å². The van der Waals surface area contributed by atoms with Gasteiger partial charge in [0.25, 0.3) is 0 Å². The van der Waals surface area contributed by atoms with Crippen LogP contribution in [0.3, 0.4) is 0 Å². The zero-order chi connectivity index (χ0) is 20.6. The second-order valence-electron chi connectivity index (χ2n) is 7.85. The van der Waals surface area contributed by atoms with Crippen molar-refractivity contribution in [1.82, 2.24) is 9.47 Å². The number of morpholine rings is 1. The van der Waals surface area contributed by atoms with Gasteiger partial charge < -0.3 is 19.5 Å². The first-order chi connectivity index (χ1) is 13.5. The molecule has 2 heterocycles. The molecule has 5 heteroatoms. The topological polar surface area (TPSA) is 43.4 Å². The lowest BCUT2D eigenvalue weighted by Crippen LogP contribution is -2.48. The lowest BCUT2D eigenvalue weighted by Gasteiger charge is -2.37. The molecule has 1 aliphatic rings. The van der Waals surface area contributed by atoms with Crippen LogP contribution >= 0.6 is 0 Å². The number of fused-ring (bicyclic) bond motifs is 1. The van der Waals surface area contributed by atoms with E-state index in [-0.39, 0.29) is 0 Å². The molecular formula is C23H41N4O+. The van der Waals surface area contributed by atoms with E-state index in [0.717, 1.165) is 54.8 Å². The Balaban J connectivity index is 0.00000136. The summed E-state index contributed by atoms with van der Waals surface area (Å²) in [5, 5.41) is 1.16. The van der Waals surface area contributed by atoms with E-state index in [9.17, 15) is 0 Å². The minimum atomic E-state index is 0.372. The summed E-state index contributed by atoms with van der Waals surface area (Å²) < 4.78 is 9.49. The fourth-order valence-corrected chi connectivity index (χ4v) is 3.85. The number of hydrogen-bond donors (Lipinski definition) is 1. The van der Waals surface area contributed by atoms with Gasteiger partial charge in [-0.15, -0.1) is 0 Å². The molecule has 0 spiro atoms. The summed E-state index contributed by atoms with van der Waals surface area (Å²) in [4.78, 5) is 2.55. The molecule has 5 nitrogen and oxygen atoms in total. The van der Waals surface area contributed by atoms with Crippen molar-refractivity contribution < 1.29 is 9.22 Å². The van der Waals surface area contributed by atoms with E-state index in [2.05, 4.69) is 48.7 Å². The summed E-state index contributed by atoms with van der Waals surface area (Å²) in [5.74, 6) is 0. The summed E-state index contributed by atoms with van der Waals surface area (Å²) in [5.41, 5.74) is 8.17. The van der Waals surface area contributed by atoms with Gasteiger partial charge in [-0.2, -0.15) is 0 Å². The zero-order valence-corrected chi connectivity index (χ0v) is 18.7. The van der Waals surface area contributed by atoms with Crippen LogP contribution < -0.4 is 5.73 Å². The van der Waals surface area contributed by atoms with Gasteiger partial charge in [0.05, 0.1) is 44.9 Å². The highest BCUT2D eigenvalue weighted by atomic mass is 16.5. The molecule has 1 unspecified atom stereocenters. The first kappa shape index (κ1) is 22.7. The molecule has 158 valence electrons. The van der Waals surface area contributed by atoms with Crippen molar-refractivity contribution in [2.24, 2.45) is 0 Å². The first-order valence-electron chi connectivity index (χ1n) is 11.1. The van der Waals surface area contributed by atoms with Crippen LogP contribution in [0.25, 0.3) is 10.9 Å². The standard InChI is InChI=1S/C21H35N4O.C2H6/c1-4-25(3,5-2)15-10-18-17-23(14-16-26-18)12-13-24-11-9-19-20(22)7-6-8-21(19)24;1-2/h6-9,11,18H,4-5,10,12-17,22H2,1-3H3;1-2H3/q+1;. The van der Waals surface area contributed by atoms with Crippen molar-refractivity contribution in [3.05, 3.63) is 30.5 Å². The summed E-state index contributed by atoms with van der Waals surface area (Å²) in [6.45, 7) is 17.1. The van der Waals surface area contributed by atoms with Crippen LogP contribution in [0.5, 0.6) is 0 Å². The predicted molar refractivity (Wildman–Crippen MR) is 121 cm³/mol. The van der Waals surface area contributed by atoms with Gasteiger partial charge in [-0.25, -0.2) is 0 Å². The molecule has 1 aromatic carbocycles. The Morgan fingerprint density at radius 3 is 2.61 bits per heavy atom. The van der Waals surface area contributed by atoms with Crippen LogP contribution in [0.2, 0.25) is 0 Å². The number of nitrogen functional groups attached to an aromatic ring is 1. The molecule has 1 fully saturated rings. The number of anilines is 1. The third kappa shape index (κ3) is 5.72. The Hall–Kier alpha value is -1.56. The second-order valence-corrected chi connectivity index (χ2v) is 7.85. The molecule has 1 saturated heterocycles. The molecular weight excluding hydrogens is 348 g/mol. The van der Waals surface area contributed by atoms with E-state index in [4.69, 9.17) is 10.5 Å². The zero-order valence-electron chi connectivity index (χ0n) is 18.7. The van der Waals surface area contributed by atoms with Crippen LogP contribution in [0.1, 0.15) is 34.1 Å². The number of hydrogen-bond acceptors (Lipinski definition) is 3. The lowest BCUT2D eigenvalue weighted by atomic mass is 10.1. The van der Waals surface area contributed by atoms with Crippen molar-refractivity contribution in [2.45, 2.75) is 46.8 Å². The number of rotatable bonds is 8. The van der Waals surface area contributed by atoms with Gasteiger partial charge in [-0.05, 0) is 32.0 Å². The Bertz CT molecular complexity index is 708. The van der Waals surface area contributed by atoms with Gasteiger partial charge in [-0.3, -0.25) is 4.90 Å². The van der Waals surface area contributed by atoms with Crippen molar-refractivity contribution in [3.63, 3.8) is 0 Å². The predicted octanol–water partition coefficient (Wildman–Crippen LogP) is 3.83. The number of ether oxygens (including phenoxy) is 1. The van der Waals surface area contributed by atoms with Crippen molar-refractivity contribution >= 4 is 16.6 Å². The quantitative estimate of drug-likeness (QED) is 0.551. The van der Waals surface area contributed by atoms with Crippen molar-refractivity contribution in [1.29, 1.82) is 0 Å². The average Bonchev–Trinajstić information content (AvgIpc) is 3.17. The lowest BCUT2D eigenvalue weighted by molar-refractivity contribution is -0.906. The molecule has 1 atom stereocenters. The minimum Gasteiger partial charge on any atom is -0.398 e. The molecule has 1 aromatic heterocycles. The van der Waals surface area contributed by atoms with Gasteiger partial charge in [0.2, 0.25) is 0 Å². The summed E-state index contributed by atoms with van der Waals surface area (Å²) in [6.07, 6.45) is 3.68. The summed E-state index contributed by atoms with van der Waals surface area (Å²) in [7, 11) is 2.35. The minimum absolute atomic E-state index is 0.372. The fraction of sp³-hybridized carbons (Fsp3) is 0.652. The summed E-state index contributed by atoms with van der Waals surface area (Å²) >= 11 is 0. The maximum atomic E-state index is 6.08. The van der Waals surface area contributed by atoms with Crippen molar-refractivity contribution in [2.75, 3.05) is 58.7 Å². The Morgan fingerprint density at radius 1 is 1.14 bits per heavy atom. The van der Waals surface area contributed by atoms with Crippen LogP contribution in [0.15, 0.2) is 30.5 Å². The highest BCUT2D eigenvalue weighted by molar-refractivity contribution is 5.91. The monoisotopic (exact) mass is 389 g/mol. The van der Waals surface area contributed by atoms with Crippen molar-refractivity contribution in [3.8, 4) is 0 Å². The number of nitrogens with zero attached hydrogens (tertiary/aromatic N) is 3. The van der Waals surface area contributed by atoms with E-state index >= 15 is 0 Å². The number of aromatic nitrogens is 1. The molecule has 28 heavy (non-hydrogen) atoms. The maximum Gasteiger partial charge on any atom is 0.0810 e. The van der Waals surface area contributed by atoms with Crippen LogP contribution in [-0.2, 0) is 11.3 Å². The Labute approximate surface area is 171 Å². The Kier molecular flexibility index (Phi) is 8.80. The number of nitrogens with two attached hydrogens (primary N) is 1. The first-order valence-corrected chi connectivity index (χ1v) is 11.1. The van der Waals surface area contributed by atoms with E-state index < -0.39 is 0 Å². The highest BCUT2D eigenvalue weighted by Crippen LogP contribution is 2.22. The molecule has 0 radical (unpaired) electrons. The second kappa shape index (κ2) is 10.8. The number of benzene rings is 1. The van der Waals surface area contributed by atoms with Gasteiger partial charge in [-0.1, -0.05) is 19.9 Å². The summed E-state index contributed by atoms with van der Waals surface area (Å²) in [6, 6.07) is 8.29. The SMILES string of the molecule is CC.CC[N+](C)(CC)CCC1CN(CCn2ccc3c(N)cccc32)CCO1. The molecule has 3 rings (SSSR count). The van der Waals surface area contributed by atoms with Crippen LogP contribution in [-0.4, -0.2) is 73.0 Å². The third-order valence-corrected chi connectivity index (χ3v) is 6.25. The van der Waals surface area contributed by atoms with Gasteiger partial charge in [0, 0.05) is 49.9 Å². The van der Waals surface area contributed by atoms with E-state index in [1.807, 2.05) is 26.0 Å². The molecule has 0 saturated carbocycles. The molecule has 2 N–H and O–H groups in total. The van der Waals surface area contributed by atoms with E-state index in [1.54, 1.807) is 0 Å². The molecule has 1 aliphatic heterocycles. The van der Waals surface area contributed by atoms with E-state index in [0.29, 0.717) is 6.10 Å². The van der Waals surface area contributed by atoms with Crippen LogP contribution in [0.4, 0.5) is 5.69 Å². The third-order valence-electron chi connectivity index (χ3n) is 6.25. The molecule has 0 bridgehead atoms. The van der Waals surface area contributed by atoms with Gasteiger partial charge in [0.15, 0.2) is 0 Å². The fourth-order valence-electron chi connectivity index (χ4n) is 3.85. The molecule has 2 aromatic rings. The molecule has 0 amide bonds. The number of quaternary nitrogens is 1. The average molecular weight is 390 g/mol. The largest absolute Gasteiger partial charge is 0.398 e. The van der Waals surface area contributed by atoms with E-state index in [1.165, 1.54) is 25.2 Å². The van der Waals surface area contributed by atoms with Gasteiger partial charge >= 0.3 is 0 Å². The normalized spacial score (nSPS) is 18.1. The Morgan fingerprint density at radius 2 is 1.89 bits per heavy atom. The maximum absolute atomic E-state index is 6.08. The smallest absolute Gasteiger partial charge is 0.0810 e. The van der Waals surface area contributed by atoms with Gasteiger partial charge in [0.1, 0.15) is 0 Å². The molecule has 0 aliphatic carbocycles.